The summed E-state index contributed by atoms with van der Waals surface area (Å²) >= 11 is 6.58. The van der Waals surface area contributed by atoms with Crippen molar-refractivity contribution in [2.24, 2.45) is 10.4 Å². The van der Waals surface area contributed by atoms with Gasteiger partial charge in [0.2, 0.25) is 0 Å². The third-order valence-corrected chi connectivity index (χ3v) is 7.17. The number of nitrogens with one attached hydrogen (secondary N) is 2. The first kappa shape index (κ1) is 25.7. The van der Waals surface area contributed by atoms with E-state index < -0.39 is 0 Å². The molecule has 0 aromatic heterocycles. The van der Waals surface area contributed by atoms with E-state index in [2.05, 4.69) is 27.8 Å². The summed E-state index contributed by atoms with van der Waals surface area (Å²) in [5, 5.41) is 8.04. The van der Waals surface area contributed by atoms with Crippen LogP contribution in [0.3, 0.4) is 0 Å². The van der Waals surface area contributed by atoms with Gasteiger partial charge < -0.3 is 20.1 Å². The van der Waals surface area contributed by atoms with Gasteiger partial charge in [-0.05, 0) is 49.1 Å². The molecule has 2 N–H and O–H groups in total. The first-order valence-corrected chi connectivity index (χ1v) is 11.3. The molecule has 1 aromatic rings. The molecule has 2 aliphatic rings. The molecule has 5 nitrogen and oxygen atoms in total. The molecule has 2 fully saturated rings. The molecule has 1 saturated carbocycles. The summed E-state index contributed by atoms with van der Waals surface area (Å²) in [6.07, 6.45) is 8.17. The summed E-state index contributed by atoms with van der Waals surface area (Å²) in [4.78, 5) is 4.49. The summed E-state index contributed by atoms with van der Waals surface area (Å²) in [5.74, 6) is 0.867. The lowest BCUT2D eigenvalue weighted by Crippen LogP contribution is -2.49. The number of aliphatic imine (C=N–C) groups is 1. The Morgan fingerprint density at radius 1 is 1.10 bits per heavy atom. The predicted octanol–water partition coefficient (Wildman–Crippen LogP) is 4.77. The van der Waals surface area contributed by atoms with Gasteiger partial charge in [-0.1, -0.05) is 42.6 Å². The lowest BCUT2D eigenvalue weighted by atomic mass is 9.74. The van der Waals surface area contributed by atoms with E-state index in [1.165, 1.54) is 31.2 Å². The van der Waals surface area contributed by atoms with Gasteiger partial charge >= 0.3 is 0 Å². The second-order valence-electron chi connectivity index (χ2n) is 8.60. The molecule has 7 heteroatoms. The quantitative estimate of drug-likeness (QED) is 0.279. The SMILES string of the molecule is CN=C(NCC1(CCOC)CCCC1)NCC1(c2ccccc2Cl)CCOCC1.I. The van der Waals surface area contributed by atoms with Crippen LogP contribution in [-0.2, 0) is 14.9 Å². The van der Waals surface area contributed by atoms with Crippen LogP contribution in [0.5, 0.6) is 0 Å². The van der Waals surface area contributed by atoms with Crippen molar-refractivity contribution < 1.29 is 9.47 Å². The van der Waals surface area contributed by atoms with E-state index in [1.807, 2.05) is 19.2 Å². The minimum atomic E-state index is -0.0324. The molecule has 3 rings (SSSR count). The summed E-state index contributed by atoms with van der Waals surface area (Å²) in [6.45, 7) is 4.09. The molecule has 30 heavy (non-hydrogen) atoms. The van der Waals surface area contributed by atoms with E-state index >= 15 is 0 Å². The Balaban J connectivity index is 0.00000320. The largest absolute Gasteiger partial charge is 0.385 e. The lowest BCUT2D eigenvalue weighted by molar-refractivity contribution is 0.0514. The zero-order valence-electron chi connectivity index (χ0n) is 18.3. The fraction of sp³-hybridized carbons (Fsp3) is 0.696. The van der Waals surface area contributed by atoms with Crippen molar-refractivity contribution >= 4 is 41.5 Å². The van der Waals surface area contributed by atoms with Crippen LogP contribution in [0.2, 0.25) is 5.02 Å². The zero-order valence-corrected chi connectivity index (χ0v) is 21.4. The minimum Gasteiger partial charge on any atom is -0.385 e. The monoisotopic (exact) mass is 549 g/mol. The van der Waals surface area contributed by atoms with E-state index in [0.29, 0.717) is 5.41 Å². The fourth-order valence-electron chi connectivity index (χ4n) is 4.90. The third-order valence-electron chi connectivity index (χ3n) is 6.84. The Labute approximate surface area is 203 Å². The summed E-state index contributed by atoms with van der Waals surface area (Å²) in [5.41, 5.74) is 1.50. The lowest BCUT2D eigenvalue weighted by Gasteiger charge is -2.39. The van der Waals surface area contributed by atoms with Crippen LogP contribution in [0.4, 0.5) is 0 Å². The van der Waals surface area contributed by atoms with Crippen molar-refractivity contribution in [2.75, 3.05) is 47.1 Å². The Hall–Kier alpha value is -0.570. The van der Waals surface area contributed by atoms with E-state index in [9.17, 15) is 0 Å². The van der Waals surface area contributed by atoms with Crippen LogP contribution >= 0.6 is 35.6 Å². The van der Waals surface area contributed by atoms with Crippen LogP contribution < -0.4 is 10.6 Å². The number of rotatable bonds is 8. The molecule has 0 unspecified atom stereocenters. The molecule has 1 saturated heterocycles. The summed E-state index contributed by atoms with van der Waals surface area (Å²) in [6, 6.07) is 8.21. The van der Waals surface area contributed by atoms with Gasteiger partial charge in [0.15, 0.2) is 5.96 Å². The number of hydrogen-bond acceptors (Lipinski definition) is 3. The highest BCUT2D eigenvalue weighted by atomic mass is 127. The minimum absolute atomic E-state index is 0. The highest BCUT2D eigenvalue weighted by Gasteiger charge is 2.37. The number of methoxy groups -OCH3 is 1. The van der Waals surface area contributed by atoms with E-state index in [0.717, 1.165) is 63.2 Å². The van der Waals surface area contributed by atoms with E-state index in [4.69, 9.17) is 21.1 Å². The highest BCUT2D eigenvalue weighted by molar-refractivity contribution is 14.0. The molecular formula is C23H37ClIN3O2. The van der Waals surface area contributed by atoms with E-state index in [1.54, 1.807) is 7.11 Å². The maximum Gasteiger partial charge on any atom is 0.191 e. The Morgan fingerprint density at radius 3 is 2.40 bits per heavy atom. The van der Waals surface area contributed by atoms with Crippen molar-refractivity contribution in [3.63, 3.8) is 0 Å². The normalized spacial score (nSPS) is 20.4. The molecule has 1 heterocycles. The first-order chi connectivity index (χ1) is 14.1. The number of guanidine groups is 1. The summed E-state index contributed by atoms with van der Waals surface area (Å²) in [7, 11) is 3.64. The van der Waals surface area contributed by atoms with Crippen LogP contribution in [0, 0.1) is 5.41 Å². The second-order valence-corrected chi connectivity index (χ2v) is 9.01. The third kappa shape index (κ3) is 6.47. The number of benzene rings is 1. The molecule has 0 spiro atoms. The zero-order chi connectivity index (χ0) is 20.6. The second kappa shape index (κ2) is 12.5. The molecule has 0 radical (unpaired) electrons. The van der Waals surface area contributed by atoms with Crippen LogP contribution in [0.15, 0.2) is 29.3 Å². The van der Waals surface area contributed by atoms with Gasteiger partial charge in [-0.3, -0.25) is 4.99 Å². The number of nitrogens with zero attached hydrogens (tertiary/aromatic N) is 1. The van der Waals surface area contributed by atoms with Gasteiger partial charge in [-0.15, -0.1) is 24.0 Å². The molecule has 1 aromatic carbocycles. The van der Waals surface area contributed by atoms with Crippen molar-refractivity contribution in [2.45, 2.75) is 50.4 Å². The van der Waals surface area contributed by atoms with Gasteiger partial charge in [0.1, 0.15) is 0 Å². The Kier molecular flexibility index (Phi) is 10.7. The predicted molar refractivity (Wildman–Crippen MR) is 135 cm³/mol. The molecule has 1 aliphatic heterocycles. The first-order valence-electron chi connectivity index (χ1n) is 10.9. The molecule has 1 aliphatic carbocycles. The van der Waals surface area contributed by atoms with Crippen LogP contribution in [-0.4, -0.2) is 53.0 Å². The van der Waals surface area contributed by atoms with Crippen LogP contribution in [0.1, 0.15) is 50.5 Å². The molecule has 0 amide bonds. The molecular weight excluding hydrogens is 513 g/mol. The standard InChI is InChI=1S/C23H36ClN3O2.HI/c1-25-21(26-17-22(11-14-28-2)9-5-6-10-22)27-18-23(12-15-29-16-13-23)19-7-3-4-8-20(19)24;/h3-4,7-8H,5-6,9-18H2,1-2H3,(H2,25,26,27);1H. The van der Waals surface area contributed by atoms with Crippen molar-refractivity contribution in [3.05, 3.63) is 34.9 Å². The number of hydrogen-bond donors (Lipinski definition) is 2. The summed E-state index contributed by atoms with van der Waals surface area (Å²) < 4.78 is 11.0. The number of halogens is 2. The highest BCUT2D eigenvalue weighted by Crippen LogP contribution is 2.41. The van der Waals surface area contributed by atoms with E-state index in [-0.39, 0.29) is 29.4 Å². The molecule has 170 valence electrons. The Morgan fingerprint density at radius 2 is 1.77 bits per heavy atom. The van der Waals surface area contributed by atoms with Gasteiger partial charge in [-0.2, -0.15) is 0 Å². The van der Waals surface area contributed by atoms with Gasteiger partial charge in [0.25, 0.3) is 0 Å². The maximum atomic E-state index is 6.58. The molecule has 0 bridgehead atoms. The smallest absolute Gasteiger partial charge is 0.191 e. The van der Waals surface area contributed by atoms with Gasteiger partial charge in [-0.25, -0.2) is 0 Å². The maximum absolute atomic E-state index is 6.58. The van der Waals surface area contributed by atoms with Gasteiger partial charge in [0, 0.05) is 57.5 Å². The topological polar surface area (TPSA) is 54.9 Å². The average Bonchev–Trinajstić information content (AvgIpc) is 3.22. The van der Waals surface area contributed by atoms with Crippen molar-refractivity contribution in [3.8, 4) is 0 Å². The van der Waals surface area contributed by atoms with Crippen LogP contribution in [0.25, 0.3) is 0 Å². The average molecular weight is 550 g/mol. The molecule has 0 atom stereocenters. The Bertz CT molecular complexity index is 674. The fourth-order valence-corrected chi connectivity index (χ4v) is 5.23. The number of ether oxygens (including phenoxy) is 2. The van der Waals surface area contributed by atoms with Crippen molar-refractivity contribution in [1.82, 2.24) is 10.6 Å². The van der Waals surface area contributed by atoms with Crippen molar-refractivity contribution in [1.29, 1.82) is 0 Å². The van der Waals surface area contributed by atoms with Gasteiger partial charge in [0.05, 0.1) is 0 Å².